The molecular formula is C14H21NO4S. The van der Waals surface area contributed by atoms with Gasteiger partial charge in [0, 0.05) is 13.1 Å². The molecule has 6 heteroatoms. The minimum atomic E-state index is -3.38. The molecule has 1 atom stereocenters. The van der Waals surface area contributed by atoms with E-state index in [0.717, 1.165) is 12.8 Å². The molecule has 112 valence electrons. The minimum Gasteiger partial charge on any atom is -0.478 e. The number of nitrogens with zero attached hydrogens (tertiary/aromatic N) is 1. The fourth-order valence-electron chi connectivity index (χ4n) is 1.93. The zero-order valence-corrected chi connectivity index (χ0v) is 12.9. The van der Waals surface area contributed by atoms with E-state index >= 15 is 0 Å². The number of hydrogen-bond donors (Lipinski definition) is 1. The van der Waals surface area contributed by atoms with E-state index in [2.05, 4.69) is 0 Å². The van der Waals surface area contributed by atoms with Gasteiger partial charge in [0.05, 0.1) is 11.3 Å². The first kappa shape index (κ1) is 16.7. The molecular weight excluding hydrogens is 278 g/mol. The van der Waals surface area contributed by atoms with E-state index in [1.165, 1.54) is 16.4 Å². The molecule has 0 aromatic heterocycles. The van der Waals surface area contributed by atoms with Crippen LogP contribution in [0.3, 0.4) is 0 Å². The Labute approximate surface area is 120 Å². The molecule has 5 nitrogen and oxygen atoms in total. The van der Waals surface area contributed by atoms with Gasteiger partial charge in [0.25, 0.3) is 0 Å². The minimum absolute atomic E-state index is 0.0386. The van der Waals surface area contributed by atoms with Crippen LogP contribution in [0.5, 0.6) is 0 Å². The molecule has 1 unspecified atom stereocenters. The highest BCUT2D eigenvalue weighted by Crippen LogP contribution is 2.15. The summed E-state index contributed by atoms with van der Waals surface area (Å²) in [5, 5.41) is 8.80. The second-order valence-electron chi connectivity index (χ2n) is 4.91. The molecule has 1 aromatic carbocycles. The smallest absolute Gasteiger partial charge is 0.335 e. The highest BCUT2D eigenvalue weighted by molar-refractivity contribution is 7.88. The largest absolute Gasteiger partial charge is 0.478 e. The molecule has 1 N–H and O–H groups in total. The Kier molecular flexibility index (Phi) is 5.71. The van der Waals surface area contributed by atoms with Crippen LogP contribution in [-0.4, -0.2) is 36.9 Å². The van der Waals surface area contributed by atoms with Gasteiger partial charge in [-0.15, -0.1) is 0 Å². The van der Waals surface area contributed by atoms with Crippen molar-refractivity contribution in [1.29, 1.82) is 0 Å². The van der Waals surface area contributed by atoms with E-state index < -0.39 is 16.0 Å². The van der Waals surface area contributed by atoms with Crippen molar-refractivity contribution in [2.24, 2.45) is 0 Å². The molecule has 0 heterocycles. The molecule has 0 aliphatic rings. The SMILES string of the molecule is CCCC(C)N(C)S(=O)(=O)Cc1ccc(C(=O)O)cc1. The van der Waals surface area contributed by atoms with Crippen LogP contribution in [0.15, 0.2) is 24.3 Å². The molecule has 0 bridgehead atoms. The first-order chi connectivity index (χ1) is 9.27. The summed E-state index contributed by atoms with van der Waals surface area (Å²) in [5.41, 5.74) is 0.740. The third kappa shape index (κ3) is 4.31. The summed E-state index contributed by atoms with van der Waals surface area (Å²) >= 11 is 0. The van der Waals surface area contributed by atoms with Gasteiger partial charge in [0.1, 0.15) is 0 Å². The molecule has 0 saturated heterocycles. The van der Waals surface area contributed by atoms with Crippen molar-refractivity contribution in [2.45, 2.75) is 38.5 Å². The zero-order chi connectivity index (χ0) is 15.3. The monoisotopic (exact) mass is 299 g/mol. The summed E-state index contributed by atoms with van der Waals surface area (Å²) in [6.07, 6.45) is 1.74. The van der Waals surface area contributed by atoms with E-state index in [1.54, 1.807) is 19.2 Å². The predicted octanol–water partition coefficient (Wildman–Crippen LogP) is 2.33. The number of benzene rings is 1. The van der Waals surface area contributed by atoms with Crippen molar-refractivity contribution in [2.75, 3.05) is 7.05 Å². The number of carboxylic acids is 1. The van der Waals surface area contributed by atoms with Gasteiger partial charge in [-0.1, -0.05) is 25.5 Å². The first-order valence-corrected chi connectivity index (χ1v) is 8.16. The zero-order valence-electron chi connectivity index (χ0n) is 12.0. The van der Waals surface area contributed by atoms with Gasteiger partial charge in [0.15, 0.2) is 0 Å². The topological polar surface area (TPSA) is 74.7 Å². The van der Waals surface area contributed by atoms with Crippen LogP contribution < -0.4 is 0 Å². The molecule has 0 saturated carbocycles. The van der Waals surface area contributed by atoms with Gasteiger partial charge in [-0.25, -0.2) is 17.5 Å². The molecule has 1 aromatic rings. The van der Waals surface area contributed by atoms with E-state index in [4.69, 9.17) is 5.11 Å². The summed E-state index contributed by atoms with van der Waals surface area (Å²) < 4.78 is 25.9. The van der Waals surface area contributed by atoms with Crippen LogP contribution in [-0.2, 0) is 15.8 Å². The Balaban J connectivity index is 2.82. The van der Waals surface area contributed by atoms with Gasteiger partial charge in [-0.2, -0.15) is 0 Å². The van der Waals surface area contributed by atoms with E-state index in [0.29, 0.717) is 5.56 Å². The van der Waals surface area contributed by atoms with Crippen molar-refractivity contribution < 1.29 is 18.3 Å². The Bertz CT molecular complexity index is 551. The van der Waals surface area contributed by atoms with Crippen LogP contribution in [0.4, 0.5) is 0 Å². The predicted molar refractivity (Wildman–Crippen MR) is 78.2 cm³/mol. The van der Waals surface area contributed by atoms with Crippen LogP contribution in [0.25, 0.3) is 0 Å². The van der Waals surface area contributed by atoms with Crippen molar-refractivity contribution in [1.82, 2.24) is 4.31 Å². The van der Waals surface area contributed by atoms with Gasteiger partial charge in [-0.05, 0) is 31.0 Å². The van der Waals surface area contributed by atoms with Crippen LogP contribution >= 0.6 is 0 Å². The molecule has 0 aliphatic heterocycles. The molecule has 0 amide bonds. The van der Waals surface area contributed by atoms with Crippen LogP contribution in [0.2, 0.25) is 0 Å². The number of aromatic carboxylic acids is 1. The average Bonchev–Trinajstić information content (AvgIpc) is 2.38. The molecule has 0 fully saturated rings. The van der Waals surface area contributed by atoms with Crippen molar-refractivity contribution in [3.8, 4) is 0 Å². The number of sulfonamides is 1. The maximum absolute atomic E-state index is 12.2. The van der Waals surface area contributed by atoms with Crippen LogP contribution in [0, 0.1) is 0 Å². The fourth-order valence-corrected chi connectivity index (χ4v) is 3.40. The lowest BCUT2D eigenvalue weighted by atomic mass is 10.1. The maximum atomic E-state index is 12.2. The average molecular weight is 299 g/mol. The van der Waals surface area contributed by atoms with Gasteiger partial charge < -0.3 is 5.11 Å². The lowest BCUT2D eigenvalue weighted by Crippen LogP contribution is -2.35. The number of rotatable bonds is 7. The quantitative estimate of drug-likeness (QED) is 0.838. The Morgan fingerprint density at radius 1 is 1.30 bits per heavy atom. The van der Waals surface area contributed by atoms with Gasteiger partial charge in [0.2, 0.25) is 10.0 Å². The summed E-state index contributed by atoms with van der Waals surface area (Å²) in [4.78, 5) is 10.7. The first-order valence-electron chi connectivity index (χ1n) is 6.56. The summed E-state index contributed by atoms with van der Waals surface area (Å²) in [6.45, 7) is 3.90. The van der Waals surface area contributed by atoms with E-state index in [9.17, 15) is 13.2 Å². The number of carbonyl (C=O) groups is 1. The van der Waals surface area contributed by atoms with Crippen molar-refractivity contribution >= 4 is 16.0 Å². The molecule has 20 heavy (non-hydrogen) atoms. The van der Waals surface area contributed by atoms with Crippen molar-refractivity contribution in [3.63, 3.8) is 0 Å². The number of hydrogen-bond acceptors (Lipinski definition) is 3. The molecule has 0 aliphatic carbocycles. The lowest BCUT2D eigenvalue weighted by Gasteiger charge is -2.24. The van der Waals surface area contributed by atoms with E-state index in [1.807, 2.05) is 13.8 Å². The van der Waals surface area contributed by atoms with Crippen molar-refractivity contribution in [3.05, 3.63) is 35.4 Å². The third-order valence-corrected chi connectivity index (χ3v) is 5.25. The molecule has 0 spiro atoms. The molecule has 1 rings (SSSR count). The Morgan fingerprint density at radius 2 is 1.85 bits per heavy atom. The standard InChI is InChI=1S/C14H21NO4S/c1-4-5-11(2)15(3)20(18,19)10-12-6-8-13(9-7-12)14(16)17/h6-9,11H,4-5,10H2,1-3H3,(H,16,17). The van der Waals surface area contributed by atoms with Gasteiger partial charge >= 0.3 is 5.97 Å². The summed E-state index contributed by atoms with van der Waals surface area (Å²) in [6, 6.07) is 5.88. The number of carboxylic acid groups (broad SMARTS) is 1. The fraction of sp³-hybridized carbons (Fsp3) is 0.500. The highest BCUT2D eigenvalue weighted by atomic mass is 32.2. The summed E-state index contributed by atoms with van der Waals surface area (Å²) in [5.74, 6) is -1.13. The second kappa shape index (κ2) is 6.85. The second-order valence-corrected chi connectivity index (χ2v) is 6.94. The van der Waals surface area contributed by atoms with Crippen LogP contribution in [0.1, 0.15) is 42.6 Å². The summed E-state index contributed by atoms with van der Waals surface area (Å²) in [7, 11) is -1.80. The normalized spacial score (nSPS) is 13.4. The highest BCUT2D eigenvalue weighted by Gasteiger charge is 2.23. The third-order valence-electron chi connectivity index (χ3n) is 3.32. The molecule has 0 radical (unpaired) electrons. The van der Waals surface area contributed by atoms with Gasteiger partial charge in [-0.3, -0.25) is 0 Å². The Morgan fingerprint density at radius 3 is 2.30 bits per heavy atom. The Hall–Kier alpha value is -1.40. The van der Waals surface area contributed by atoms with E-state index in [-0.39, 0.29) is 17.4 Å². The maximum Gasteiger partial charge on any atom is 0.335 e. The lowest BCUT2D eigenvalue weighted by molar-refractivity contribution is 0.0697.